The Hall–Kier alpha value is -0.930. The highest BCUT2D eigenvalue weighted by molar-refractivity contribution is 5.22. The maximum absolute atomic E-state index is 13.1. The van der Waals surface area contributed by atoms with Gasteiger partial charge in [-0.05, 0) is 31.5 Å². The normalized spacial score (nSPS) is 25.1. The molecule has 1 heterocycles. The molecule has 1 unspecified atom stereocenters. The summed E-state index contributed by atoms with van der Waals surface area (Å²) in [5.41, 5.74) is 0.749. The average Bonchev–Trinajstić information content (AvgIpc) is 2.17. The van der Waals surface area contributed by atoms with E-state index >= 15 is 0 Å². The molecule has 2 nitrogen and oxygen atoms in total. The van der Waals surface area contributed by atoms with Gasteiger partial charge in [0.05, 0.1) is 6.61 Å². The van der Waals surface area contributed by atoms with Crippen molar-refractivity contribution in [2.24, 2.45) is 0 Å². The molecule has 82 valence electrons. The van der Waals surface area contributed by atoms with Crippen LogP contribution in [0.5, 0.6) is 0 Å². The molecule has 0 bridgehead atoms. The fourth-order valence-electron chi connectivity index (χ4n) is 2.03. The standard InChI is InChI=1S/C12H16FNO/c1-12(2)11(15-7-6-14-12)9-4-3-5-10(13)8-9/h3-5,8,11,14H,6-7H2,1-2H3. The number of nitrogens with one attached hydrogen (secondary N) is 1. The quantitative estimate of drug-likeness (QED) is 0.766. The second-order valence-corrected chi connectivity index (χ2v) is 4.45. The Bertz CT molecular complexity index is 351. The highest BCUT2D eigenvalue weighted by atomic mass is 19.1. The molecular formula is C12H16FNO. The van der Waals surface area contributed by atoms with E-state index in [0.717, 1.165) is 12.1 Å². The molecule has 0 radical (unpaired) electrons. The molecule has 1 atom stereocenters. The van der Waals surface area contributed by atoms with Crippen molar-refractivity contribution in [3.05, 3.63) is 35.6 Å². The van der Waals surface area contributed by atoms with E-state index in [2.05, 4.69) is 19.2 Å². The smallest absolute Gasteiger partial charge is 0.123 e. The molecule has 0 spiro atoms. The Balaban J connectivity index is 2.29. The van der Waals surface area contributed by atoms with Crippen molar-refractivity contribution in [1.29, 1.82) is 0 Å². The monoisotopic (exact) mass is 209 g/mol. The van der Waals surface area contributed by atoms with Gasteiger partial charge in [0.15, 0.2) is 0 Å². The predicted molar refractivity (Wildman–Crippen MR) is 57.2 cm³/mol. The molecule has 0 amide bonds. The van der Waals surface area contributed by atoms with Gasteiger partial charge in [0, 0.05) is 12.1 Å². The van der Waals surface area contributed by atoms with Crippen LogP contribution in [0.15, 0.2) is 24.3 Å². The Kier molecular flexibility index (Phi) is 2.76. The zero-order chi connectivity index (χ0) is 10.9. The number of hydrogen-bond donors (Lipinski definition) is 1. The minimum absolute atomic E-state index is 0.0815. The predicted octanol–water partition coefficient (Wildman–Crippen LogP) is 2.27. The van der Waals surface area contributed by atoms with Gasteiger partial charge in [-0.1, -0.05) is 12.1 Å². The summed E-state index contributed by atoms with van der Waals surface area (Å²) < 4.78 is 18.8. The number of hydrogen-bond acceptors (Lipinski definition) is 2. The van der Waals surface area contributed by atoms with Crippen molar-refractivity contribution >= 4 is 0 Å². The Morgan fingerprint density at radius 2 is 2.27 bits per heavy atom. The second kappa shape index (κ2) is 3.91. The second-order valence-electron chi connectivity index (χ2n) is 4.45. The number of morpholine rings is 1. The SMILES string of the molecule is CC1(C)NCCOC1c1cccc(F)c1. The lowest BCUT2D eigenvalue weighted by Gasteiger charge is -2.39. The molecule has 0 aromatic heterocycles. The third kappa shape index (κ3) is 2.19. The van der Waals surface area contributed by atoms with Gasteiger partial charge in [-0.25, -0.2) is 4.39 Å². The van der Waals surface area contributed by atoms with Crippen LogP contribution in [0, 0.1) is 5.82 Å². The first-order valence-electron chi connectivity index (χ1n) is 5.22. The van der Waals surface area contributed by atoms with Crippen LogP contribution in [-0.4, -0.2) is 18.7 Å². The maximum Gasteiger partial charge on any atom is 0.123 e. The lowest BCUT2D eigenvalue weighted by Crippen LogP contribution is -2.51. The summed E-state index contributed by atoms with van der Waals surface area (Å²) in [5, 5.41) is 3.38. The zero-order valence-corrected chi connectivity index (χ0v) is 9.09. The largest absolute Gasteiger partial charge is 0.370 e. The van der Waals surface area contributed by atoms with Crippen molar-refractivity contribution in [2.75, 3.05) is 13.2 Å². The summed E-state index contributed by atoms with van der Waals surface area (Å²) in [7, 11) is 0. The number of ether oxygens (including phenoxy) is 1. The first-order valence-corrected chi connectivity index (χ1v) is 5.22. The lowest BCUT2D eigenvalue weighted by molar-refractivity contribution is -0.0389. The van der Waals surface area contributed by atoms with E-state index in [9.17, 15) is 4.39 Å². The van der Waals surface area contributed by atoms with Crippen molar-refractivity contribution in [3.63, 3.8) is 0 Å². The molecule has 3 heteroatoms. The van der Waals surface area contributed by atoms with Gasteiger partial charge >= 0.3 is 0 Å². The third-order valence-corrected chi connectivity index (χ3v) is 2.77. The summed E-state index contributed by atoms with van der Waals surface area (Å²) in [6.07, 6.45) is -0.0815. The van der Waals surface area contributed by atoms with E-state index in [0.29, 0.717) is 6.61 Å². The van der Waals surface area contributed by atoms with E-state index in [1.807, 2.05) is 6.07 Å². The fraction of sp³-hybridized carbons (Fsp3) is 0.500. The van der Waals surface area contributed by atoms with Crippen LogP contribution < -0.4 is 5.32 Å². The van der Waals surface area contributed by atoms with E-state index < -0.39 is 0 Å². The summed E-state index contributed by atoms with van der Waals surface area (Å²) >= 11 is 0. The molecule has 1 aliphatic heterocycles. The molecule has 1 N–H and O–H groups in total. The summed E-state index contributed by atoms with van der Waals surface area (Å²) in [5.74, 6) is -0.211. The first-order chi connectivity index (χ1) is 7.09. The van der Waals surface area contributed by atoms with Gasteiger partial charge in [0.1, 0.15) is 11.9 Å². The lowest BCUT2D eigenvalue weighted by atomic mass is 9.90. The van der Waals surface area contributed by atoms with Crippen LogP contribution in [-0.2, 0) is 4.74 Å². The molecule has 0 aliphatic carbocycles. The molecule has 2 rings (SSSR count). The number of halogens is 1. The maximum atomic E-state index is 13.1. The topological polar surface area (TPSA) is 21.3 Å². The van der Waals surface area contributed by atoms with E-state index in [1.165, 1.54) is 6.07 Å². The molecule has 15 heavy (non-hydrogen) atoms. The van der Waals surface area contributed by atoms with Crippen LogP contribution in [0.3, 0.4) is 0 Å². The van der Waals surface area contributed by atoms with Gasteiger partial charge in [-0.2, -0.15) is 0 Å². The fourth-order valence-corrected chi connectivity index (χ4v) is 2.03. The van der Waals surface area contributed by atoms with E-state index in [-0.39, 0.29) is 17.5 Å². The van der Waals surface area contributed by atoms with Crippen molar-refractivity contribution < 1.29 is 9.13 Å². The van der Waals surface area contributed by atoms with Gasteiger partial charge in [-0.3, -0.25) is 0 Å². The molecule has 1 saturated heterocycles. The van der Waals surface area contributed by atoms with Crippen LogP contribution >= 0.6 is 0 Å². The van der Waals surface area contributed by atoms with Gasteiger partial charge in [0.25, 0.3) is 0 Å². The number of benzene rings is 1. The van der Waals surface area contributed by atoms with E-state index in [4.69, 9.17) is 4.74 Å². The molecule has 1 aromatic carbocycles. The van der Waals surface area contributed by atoms with Crippen molar-refractivity contribution in [3.8, 4) is 0 Å². The highest BCUT2D eigenvalue weighted by Crippen LogP contribution is 2.31. The van der Waals surface area contributed by atoms with E-state index in [1.54, 1.807) is 12.1 Å². The minimum Gasteiger partial charge on any atom is -0.370 e. The number of rotatable bonds is 1. The Morgan fingerprint density at radius 3 is 2.93 bits per heavy atom. The van der Waals surface area contributed by atoms with Crippen molar-refractivity contribution in [2.45, 2.75) is 25.5 Å². The Morgan fingerprint density at radius 1 is 1.47 bits per heavy atom. The molecule has 1 aliphatic rings. The van der Waals surface area contributed by atoms with Gasteiger partial charge < -0.3 is 10.1 Å². The minimum atomic E-state index is -0.211. The van der Waals surface area contributed by atoms with Crippen LogP contribution in [0.2, 0.25) is 0 Å². The molecule has 1 fully saturated rings. The molecule has 0 saturated carbocycles. The summed E-state index contributed by atoms with van der Waals surface area (Å²) in [6, 6.07) is 6.62. The average molecular weight is 209 g/mol. The molecular weight excluding hydrogens is 193 g/mol. The van der Waals surface area contributed by atoms with Crippen LogP contribution in [0.25, 0.3) is 0 Å². The zero-order valence-electron chi connectivity index (χ0n) is 9.09. The summed E-state index contributed by atoms with van der Waals surface area (Å²) in [6.45, 7) is 5.66. The van der Waals surface area contributed by atoms with Crippen LogP contribution in [0.4, 0.5) is 4.39 Å². The first kappa shape index (κ1) is 10.6. The van der Waals surface area contributed by atoms with Gasteiger partial charge in [0.2, 0.25) is 0 Å². The summed E-state index contributed by atoms with van der Waals surface area (Å²) in [4.78, 5) is 0. The van der Waals surface area contributed by atoms with Crippen molar-refractivity contribution in [1.82, 2.24) is 5.32 Å². The van der Waals surface area contributed by atoms with Gasteiger partial charge in [-0.15, -0.1) is 0 Å². The molecule has 1 aromatic rings. The van der Waals surface area contributed by atoms with Crippen LogP contribution in [0.1, 0.15) is 25.5 Å². The highest BCUT2D eigenvalue weighted by Gasteiger charge is 2.34. The Labute approximate surface area is 89.4 Å². The third-order valence-electron chi connectivity index (χ3n) is 2.77.